The highest BCUT2D eigenvalue weighted by Crippen LogP contribution is 2.11. The molecule has 1 saturated heterocycles. The van der Waals surface area contributed by atoms with Crippen LogP contribution in [0.25, 0.3) is 5.65 Å². The number of morpholine rings is 1. The monoisotopic (exact) mass is 318 g/mol. The number of likely N-dealkylation sites (N-methyl/N-ethyl adjacent to an activating group) is 1. The van der Waals surface area contributed by atoms with Gasteiger partial charge in [0, 0.05) is 38.9 Å². The predicted octanol–water partition coefficient (Wildman–Crippen LogP) is 0.768. The van der Waals surface area contributed by atoms with E-state index >= 15 is 0 Å². The second-order valence-corrected chi connectivity index (χ2v) is 6.45. The normalized spacial score (nSPS) is 17.9. The van der Waals surface area contributed by atoms with Crippen molar-refractivity contribution in [2.45, 2.75) is 19.6 Å². The summed E-state index contributed by atoms with van der Waals surface area (Å²) in [6, 6.07) is 4.17. The average Bonchev–Trinajstić information content (AvgIpc) is 2.90. The van der Waals surface area contributed by atoms with Crippen LogP contribution in [-0.2, 0) is 11.3 Å². The topological polar surface area (TPSA) is 53.2 Å². The minimum absolute atomic E-state index is 0.348. The summed E-state index contributed by atoms with van der Waals surface area (Å²) < 4.78 is 7.45. The number of ether oxygens (including phenoxy) is 1. The molecule has 1 N–H and O–H groups in total. The van der Waals surface area contributed by atoms with Crippen LogP contribution in [0, 0.1) is 6.92 Å². The van der Waals surface area contributed by atoms with E-state index in [1.165, 1.54) is 5.56 Å². The molecule has 0 saturated carbocycles. The molecule has 0 aliphatic carbocycles. The molecule has 2 aromatic heterocycles. The Hall–Kier alpha value is -1.47. The SMILES string of the molecule is Cc1ccn2c(CN(C)CC(O)CN3CCOCC3)cnc2c1. The van der Waals surface area contributed by atoms with Crippen molar-refractivity contribution in [3.8, 4) is 0 Å². The Morgan fingerprint density at radius 3 is 2.96 bits per heavy atom. The predicted molar refractivity (Wildman–Crippen MR) is 89.5 cm³/mol. The van der Waals surface area contributed by atoms with E-state index in [2.05, 4.69) is 44.4 Å². The number of pyridine rings is 1. The van der Waals surface area contributed by atoms with Crippen LogP contribution >= 0.6 is 0 Å². The van der Waals surface area contributed by atoms with Gasteiger partial charge in [0.2, 0.25) is 0 Å². The number of aliphatic hydroxyl groups excluding tert-OH is 1. The fourth-order valence-corrected chi connectivity index (χ4v) is 3.09. The van der Waals surface area contributed by atoms with E-state index in [-0.39, 0.29) is 6.10 Å². The lowest BCUT2D eigenvalue weighted by atomic mass is 10.2. The van der Waals surface area contributed by atoms with E-state index in [0.29, 0.717) is 13.1 Å². The molecule has 3 heterocycles. The Labute approximate surface area is 137 Å². The van der Waals surface area contributed by atoms with Gasteiger partial charge in [-0.05, 0) is 31.7 Å². The molecule has 0 aromatic carbocycles. The van der Waals surface area contributed by atoms with Crippen LogP contribution in [0.3, 0.4) is 0 Å². The number of nitrogens with zero attached hydrogens (tertiary/aromatic N) is 4. The molecule has 3 rings (SSSR count). The van der Waals surface area contributed by atoms with Crippen molar-refractivity contribution in [2.75, 3.05) is 46.4 Å². The van der Waals surface area contributed by atoms with Gasteiger partial charge in [-0.2, -0.15) is 0 Å². The van der Waals surface area contributed by atoms with Crippen molar-refractivity contribution >= 4 is 5.65 Å². The second-order valence-electron chi connectivity index (χ2n) is 6.45. The van der Waals surface area contributed by atoms with Crippen LogP contribution in [0.5, 0.6) is 0 Å². The van der Waals surface area contributed by atoms with Gasteiger partial charge < -0.3 is 14.2 Å². The lowest BCUT2D eigenvalue weighted by Crippen LogP contribution is -2.44. The minimum atomic E-state index is -0.348. The van der Waals surface area contributed by atoms with Crippen LogP contribution in [0.15, 0.2) is 24.5 Å². The summed E-state index contributed by atoms with van der Waals surface area (Å²) in [5, 5.41) is 10.3. The first kappa shape index (κ1) is 16.4. The third-order valence-electron chi connectivity index (χ3n) is 4.27. The molecule has 0 bridgehead atoms. The first-order chi connectivity index (χ1) is 11.1. The largest absolute Gasteiger partial charge is 0.390 e. The number of hydrogen-bond acceptors (Lipinski definition) is 5. The molecule has 1 atom stereocenters. The minimum Gasteiger partial charge on any atom is -0.390 e. The number of aryl methyl sites for hydroxylation is 1. The van der Waals surface area contributed by atoms with Crippen LogP contribution in [0.1, 0.15) is 11.3 Å². The van der Waals surface area contributed by atoms with Crippen LogP contribution < -0.4 is 0 Å². The quantitative estimate of drug-likeness (QED) is 0.852. The molecular weight excluding hydrogens is 292 g/mol. The maximum absolute atomic E-state index is 10.3. The lowest BCUT2D eigenvalue weighted by Gasteiger charge is -2.30. The first-order valence-electron chi connectivity index (χ1n) is 8.21. The third-order valence-corrected chi connectivity index (χ3v) is 4.27. The van der Waals surface area contributed by atoms with Gasteiger partial charge in [-0.15, -0.1) is 0 Å². The van der Waals surface area contributed by atoms with Crippen LogP contribution in [0.4, 0.5) is 0 Å². The highest BCUT2D eigenvalue weighted by atomic mass is 16.5. The van der Waals surface area contributed by atoms with Crippen molar-refractivity contribution < 1.29 is 9.84 Å². The van der Waals surface area contributed by atoms with Crippen LogP contribution in [-0.4, -0.2) is 76.8 Å². The van der Waals surface area contributed by atoms with Gasteiger partial charge in [0.05, 0.1) is 31.2 Å². The maximum Gasteiger partial charge on any atom is 0.137 e. The van der Waals surface area contributed by atoms with E-state index in [0.717, 1.165) is 44.2 Å². The van der Waals surface area contributed by atoms with Crippen molar-refractivity contribution in [2.24, 2.45) is 0 Å². The van der Waals surface area contributed by atoms with Crippen molar-refractivity contribution in [3.63, 3.8) is 0 Å². The Kier molecular flexibility index (Phi) is 5.27. The number of hydrogen-bond donors (Lipinski definition) is 1. The zero-order valence-corrected chi connectivity index (χ0v) is 14.0. The number of rotatable bonds is 6. The molecule has 0 radical (unpaired) electrons. The molecule has 6 heteroatoms. The summed E-state index contributed by atoms with van der Waals surface area (Å²) in [7, 11) is 2.04. The van der Waals surface area contributed by atoms with Gasteiger partial charge in [0.25, 0.3) is 0 Å². The summed E-state index contributed by atoms with van der Waals surface area (Å²) in [5.41, 5.74) is 3.33. The highest BCUT2D eigenvalue weighted by molar-refractivity contribution is 5.42. The highest BCUT2D eigenvalue weighted by Gasteiger charge is 2.17. The van der Waals surface area contributed by atoms with Crippen molar-refractivity contribution in [3.05, 3.63) is 35.8 Å². The summed E-state index contributed by atoms with van der Waals surface area (Å²) in [4.78, 5) is 8.87. The van der Waals surface area contributed by atoms with Gasteiger partial charge in [-0.25, -0.2) is 4.98 Å². The molecule has 6 nitrogen and oxygen atoms in total. The molecule has 1 aliphatic heterocycles. The van der Waals surface area contributed by atoms with Crippen LogP contribution in [0.2, 0.25) is 0 Å². The Bertz CT molecular complexity index is 637. The summed E-state index contributed by atoms with van der Waals surface area (Å²) >= 11 is 0. The second kappa shape index (κ2) is 7.40. The van der Waals surface area contributed by atoms with Gasteiger partial charge in [-0.3, -0.25) is 9.80 Å². The summed E-state index contributed by atoms with van der Waals surface area (Å²) in [6.07, 6.45) is 3.63. The Balaban J connectivity index is 1.54. The average molecular weight is 318 g/mol. The van der Waals surface area contributed by atoms with Crippen molar-refractivity contribution in [1.82, 2.24) is 19.2 Å². The summed E-state index contributed by atoms with van der Waals surface area (Å²) in [5.74, 6) is 0. The Morgan fingerprint density at radius 2 is 2.17 bits per heavy atom. The van der Waals surface area contributed by atoms with Gasteiger partial charge in [0.1, 0.15) is 5.65 Å². The van der Waals surface area contributed by atoms with Crippen molar-refractivity contribution in [1.29, 1.82) is 0 Å². The summed E-state index contributed by atoms with van der Waals surface area (Å²) in [6.45, 7) is 7.55. The van der Waals surface area contributed by atoms with E-state index in [1.807, 2.05) is 13.2 Å². The molecule has 23 heavy (non-hydrogen) atoms. The zero-order valence-electron chi connectivity index (χ0n) is 14.0. The van der Waals surface area contributed by atoms with E-state index in [4.69, 9.17) is 4.74 Å². The Morgan fingerprint density at radius 1 is 1.39 bits per heavy atom. The molecule has 1 aliphatic rings. The van der Waals surface area contributed by atoms with E-state index < -0.39 is 0 Å². The molecular formula is C17H26N4O2. The van der Waals surface area contributed by atoms with Gasteiger partial charge >= 0.3 is 0 Å². The molecule has 126 valence electrons. The van der Waals surface area contributed by atoms with E-state index in [9.17, 15) is 5.11 Å². The standard InChI is InChI=1S/C17H26N4O2/c1-14-3-4-21-15(10-18-17(21)9-14)11-19(2)12-16(22)13-20-5-7-23-8-6-20/h3-4,9-10,16,22H,5-8,11-13H2,1-2H3. The first-order valence-corrected chi connectivity index (χ1v) is 8.21. The molecule has 0 spiro atoms. The molecule has 1 unspecified atom stereocenters. The molecule has 2 aromatic rings. The van der Waals surface area contributed by atoms with E-state index in [1.54, 1.807) is 0 Å². The fourth-order valence-electron chi connectivity index (χ4n) is 3.09. The number of β-amino-alcohol motifs (C(OH)–C–C–N with tert-alkyl or cyclic N) is 1. The number of aromatic nitrogens is 2. The third kappa shape index (κ3) is 4.29. The number of fused-ring (bicyclic) bond motifs is 1. The molecule has 0 amide bonds. The zero-order chi connectivity index (χ0) is 16.2. The maximum atomic E-state index is 10.3. The van der Waals surface area contributed by atoms with Gasteiger partial charge in [-0.1, -0.05) is 0 Å². The lowest BCUT2D eigenvalue weighted by molar-refractivity contribution is 0.00817. The number of aliphatic hydroxyl groups is 1. The molecule has 1 fully saturated rings. The fraction of sp³-hybridized carbons (Fsp3) is 0.588. The van der Waals surface area contributed by atoms with Gasteiger partial charge in [0.15, 0.2) is 0 Å². The number of imidazole rings is 1. The smallest absolute Gasteiger partial charge is 0.137 e.